The van der Waals surface area contributed by atoms with Gasteiger partial charge in [-0.3, -0.25) is 4.79 Å². The lowest BCUT2D eigenvalue weighted by Gasteiger charge is -2.21. The molecule has 3 rings (SSSR count). The molecule has 1 aliphatic rings. The van der Waals surface area contributed by atoms with E-state index in [0.29, 0.717) is 10.7 Å². The van der Waals surface area contributed by atoms with Crippen LogP contribution in [0.15, 0.2) is 59.8 Å². The molecule has 1 N–H and O–H groups in total. The van der Waals surface area contributed by atoms with Crippen molar-refractivity contribution in [2.45, 2.75) is 25.0 Å². The van der Waals surface area contributed by atoms with Gasteiger partial charge < -0.3 is 20.1 Å². The number of benzene rings is 2. The van der Waals surface area contributed by atoms with Crippen LogP contribution < -0.4 is 10.4 Å². The Morgan fingerprint density at radius 2 is 1.88 bits per heavy atom. The Bertz CT molecular complexity index is 821. The summed E-state index contributed by atoms with van der Waals surface area (Å²) < 4.78 is 0. The number of hydrogen-bond donors (Lipinski definition) is 1. The molecule has 0 spiro atoms. The Hall–Kier alpha value is -2.86. The van der Waals surface area contributed by atoms with Crippen LogP contribution in [0.1, 0.15) is 17.5 Å². The molecule has 0 unspecified atom stereocenters. The van der Waals surface area contributed by atoms with Gasteiger partial charge in [-0.05, 0) is 29.7 Å². The Morgan fingerprint density at radius 1 is 1.19 bits per heavy atom. The number of carboxylic acids is 1. The Balaban J connectivity index is 1.60. The summed E-state index contributed by atoms with van der Waals surface area (Å²) in [5.41, 5.74) is 2.19. The van der Waals surface area contributed by atoms with E-state index in [9.17, 15) is 14.7 Å². The molecule has 26 heavy (non-hydrogen) atoms. The second kappa shape index (κ2) is 8.01. The average molecular weight is 372 g/mol. The predicted molar refractivity (Wildman–Crippen MR) is 94.6 cm³/mol. The fourth-order valence-corrected chi connectivity index (χ4v) is 2.76. The zero-order chi connectivity index (χ0) is 18.5. The quantitative estimate of drug-likeness (QED) is 0.828. The summed E-state index contributed by atoms with van der Waals surface area (Å²) in [5.74, 6) is -1.89. The predicted octanol–water partition coefficient (Wildman–Crippen LogP) is 1.31. The Labute approximate surface area is 155 Å². The minimum absolute atomic E-state index is 0.131. The van der Waals surface area contributed by atoms with Crippen molar-refractivity contribution in [3.8, 4) is 0 Å². The van der Waals surface area contributed by atoms with E-state index in [1.54, 1.807) is 48.5 Å². The monoisotopic (exact) mass is 371 g/mol. The third kappa shape index (κ3) is 4.40. The van der Waals surface area contributed by atoms with Crippen molar-refractivity contribution in [2.75, 3.05) is 0 Å². The number of carbonyl (C=O) groups is 2. The van der Waals surface area contributed by atoms with Gasteiger partial charge in [0, 0.05) is 11.4 Å². The zero-order valence-electron chi connectivity index (χ0n) is 13.7. The molecule has 0 radical (unpaired) electrons. The molecular weight excluding hydrogens is 356 g/mol. The highest BCUT2D eigenvalue weighted by molar-refractivity contribution is 6.30. The number of aliphatic carboxylic acids is 1. The van der Waals surface area contributed by atoms with Crippen LogP contribution in [0.25, 0.3) is 0 Å². The minimum Gasteiger partial charge on any atom is -0.548 e. The first-order valence-corrected chi connectivity index (χ1v) is 8.44. The van der Waals surface area contributed by atoms with E-state index in [1.807, 2.05) is 6.07 Å². The summed E-state index contributed by atoms with van der Waals surface area (Å²) >= 11 is 5.85. The maximum Gasteiger partial charge on any atom is 0.264 e. The molecule has 6 nitrogen and oxygen atoms in total. The number of carboxylic acid groups (broad SMARTS) is 1. The molecule has 7 heteroatoms. The van der Waals surface area contributed by atoms with Crippen LogP contribution in [0.2, 0.25) is 5.02 Å². The number of hydrogen-bond acceptors (Lipinski definition) is 5. The number of rotatable bonds is 6. The van der Waals surface area contributed by atoms with Crippen LogP contribution in [0.5, 0.6) is 0 Å². The highest BCUT2D eigenvalue weighted by Gasteiger charge is 2.30. The molecule has 0 bridgehead atoms. The highest BCUT2D eigenvalue weighted by Crippen LogP contribution is 2.19. The Kier molecular flexibility index (Phi) is 5.53. The maximum absolute atomic E-state index is 12.4. The molecule has 2 aromatic carbocycles. The van der Waals surface area contributed by atoms with E-state index in [2.05, 4.69) is 10.5 Å². The number of nitrogens with zero attached hydrogens (tertiary/aromatic N) is 1. The normalized spacial score (nSPS) is 17.1. The van der Waals surface area contributed by atoms with Gasteiger partial charge in [0.05, 0.1) is 17.7 Å². The van der Waals surface area contributed by atoms with Gasteiger partial charge in [0.1, 0.15) is 0 Å². The van der Waals surface area contributed by atoms with E-state index in [-0.39, 0.29) is 12.8 Å². The molecule has 1 amide bonds. The SMILES string of the molecule is O=C([O-])[C@H](Cc1ccccc1)NC(=O)[C@H]1CC(c2ccc(Cl)cc2)=NO1. The van der Waals surface area contributed by atoms with Gasteiger partial charge in [-0.1, -0.05) is 59.2 Å². The molecule has 0 saturated heterocycles. The zero-order valence-corrected chi connectivity index (χ0v) is 14.5. The van der Waals surface area contributed by atoms with Crippen LogP contribution in [0.4, 0.5) is 0 Å². The lowest BCUT2D eigenvalue weighted by molar-refractivity contribution is -0.308. The first kappa shape index (κ1) is 17.9. The van der Waals surface area contributed by atoms with E-state index in [1.165, 1.54) is 0 Å². The smallest absolute Gasteiger partial charge is 0.264 e. The molecule has 0 aliphatic carbocycles. The van der Waals surface area contributed by atoms with Crippen molar-refractivity contribution in [1.29, 1.82) is 0 Å². The first-order valence-electron chi connectivity index (χ1n) is 8.06. The van der Waals surface area contributed by atoms with Crippen molar-refractivity contribution in [1.82, 2.24) is 5.32 Å². The minimum atomic E-state index is -1.35. The number of amides is 1. The molecule has 0 saturated carbocycles. The molecule has 2 aromatic rings. The van der Waals surface area contributed by atoms with E-state index >= 15 is 0 Å². The van der Waals surface area contributed by atoms with Crippen LogP contribution >= 0.6 is 11.6 Å². The lowest BCUT2D eigenvalue weighted by Crippen LogP contribution is -2.51. The van der Waals surface area contributed by atoms with Crippen molar-refractivity contribution in [2.24, 2.45) is 5.16 Å². The molecule has 1 aliphatic heterocycles. The van der Waals surface area contributed by atoms with Crippen molar-refractivity contribution < 1.29 is 19.5 Å². The average Bonchev–Trinajstić information content (AvgIpc) is 3.13. The highest BCUT2D eigenvalue weighted by atomic mass is 35.5. The molecular formula is C19H16ClN2O4-. The van der Waals surface area contributed by atoms with Gasteiger partial charge in [-0.2, -0.15) is 0 Å². The van der Waals surface area contributed by atoms with Gasteiger partial charge in [0.2, 0.25) is 6.10 Å². The number of oxime groups is 1. The van der Waals surface area contributed by atoms with Crippen LogP contribution in [-0.2, 0) is 20.8 Å². The first-order chi connectivity index (χ1) is 12.5. The molecule has 0 fully saturated rings. The third-order valence-electron chi connectivity index (χ3n) is 4.02. The van der Waals surface area contributed by atoms with Gasteiger partial charge in [-0.25, -0.2) is 0 Å². The third-order valence-corrected chi connectivity index (χ3v) is 4.27. The summed E-state index contributed by atoms with van der Waals surface area (Å²) in [6.45, 7) is 0. The molecule has 0 aromatic heterocycles. The van der Waals surface area contributed by atoms with E-state index < -0.39 is 24.0 Å². The van der Waals surface area contributed by atoms with Crippen molar-refractivity contribution in [3.05, 3.63) is 70.7 Å². The fourth-order valence-electron chi connectivity index (χ4n) is 2.64. The van der Waals surface area contributed by atoms with Crippen molar-refractivity contribution >= 4 is 29.2 Å². The molecule has 2 atom stereocenters. The second-order valence-electron chi connectivity index (χ2n) is 5.91. The van der Waals surface area contributed by atoms with E-state index in [4.69, 9.17) is 16.4 Å². The molecule has 1 heterocycles. The maximum atomic E-state index is 12.4. The van der Waals surface area contributed by atoms with E-state index in [0.717, 1.165) is 11.1 Å². The fraction of sp³-hybridized carbons (Fsp3) is 0.211. The standard InChI is InChI=1S/C19H17ClN2O4/c20-14-8-6-13(7-9-14)15-11-17(26-22-15)18(23)21-16(19(24)25)10-12-4-2-1-3-5-12/h1-9,16-17H,10-11H2,(H,21,23)(H,24,25)/p-1/t16-,17+/m0/s1. The summed E-state index contributed by atoms with van der Waals surface area (Å²) in [6.07, 6.45) is -0.497. The van der Waals surface area contributed by atoms with Crippen LogP contribution in [0, 0.1) is 0 Å². The van der Waals surface area contributed by atoms with Gasteiger partial charge in [0.15, 0.2) is 0 Å². The summed E-state index contributed by atoms with van der Waals surface area (Å²) in [5, 5.41) is 18.4. The summed E-state index contributed by atoms with van der Waals surface area (Å²) in [6, 6.07) is 14.9. The van der Waals surface area contributed by atoms with Crippen molar-refractivity contribution in [3.63, 3.8) is 0 Å². The molecule has 134 valence electrons. The largest absolute Gasteiger partial charge is 0.548 e. The second-order valence-corrected chi connectivity index (χ2v) is 6.35. The summed E-state index contributed by atoms with van der Waals surface area (Å²) in [4.78, 5) is 28.9. The Morgan fingerprint density at radius 3 is 2.54 bits per heavy atom. The number of nitrogens with one attached hydrogen (secondary N) is 1. The number of halogens is 1. The van der Waals surface area contributed by atoms with Crippen LogP contribution in [-0.4, -0.2) is 29.7 Å². The number of carbonyl (C=O) groups excluding carboxylic acids is 2. The topological polar surface area (TPSA) is 90.8 Å². The summed E-state index contributed by atoms with van der Waals surface area (Å²) in [7, 11) is 0. The van der Waals surface area contributed by atoms with Crippen LogP contribution in [0.3, 0.4) is 0 Å². The van der Waals surface area contributed by atoms with Gasteiger partial charge >= 0.3 is 0 Å². The lowest BCUT2D eigenvalue weighted by atomic mass is 10.0. The van der Waals surface area contributed by atoms with Gasteiger partial charge in [-0.15, -0.1) is 0 Å². The van der Waals surface area contributed by atoms with Gasteiger partial charge in [0.25, 0.3) is 5.91 Å².